The zero-order valence-corrected chi connectivity index (χ0v) is 13.7. The zero-order chi connectivity index (χ0) is 15.2. The average Bonchev–Trinajstić information content (AvgIpc) is 2.48. The summed E-state index contributed by atoms with van der Waals surface area (Å²) in [5.41, 5.74) is 0. The Morgan fingerprint density at radius 2 is 1.76 bits per heavy atom. The summed E-state index contributed by atoms with van der Waals surface area (Å²) in [5.74, 6) is 0.776. The Hall–Kier alpha value is -0.770. The van der Waals surface area contributed by atoms with Crippen molar-refractivity contribution in [2.45, 2.75) is 69.7 Å². The number of nitrogens with one attached hydrogen (secondary N) is 1. The highest BCUT2D eigenvalue weighted by Crippen LogP contribution is 2.26. The monoisotopic (exact) mass is 314 g/mol. The topological polar surface area (TPSA) is 49.4 Å². The lowest BCUT2D eigenvalue weighted by Crippen LogP contribution is -2.48. The lowest BCUT2D eigenvalue weighted by atomic mass is 9.86. The molecule has 21 heavy (non-hydrogen) atoms. The minimum Gasteiger partial charge on any atom is -0.353 e. The van der Waals surface area contributed by atoms with Crippen LogP contribution in [0.1, 0.15) is 58.3 Å². The Kier molecular flexibility index (Phi) is 6.34. The van der Waals surface area contributed by atoms with Crippen LogP contribution in [-0.4, -0.2) is 41.2 Å². The largest absolute Gasteiger partial charge is 0.353 e. The Morgan fingerprint density at radius 1 is 1.14 bits per heavy atom. The first-order valence-electron chi connectivity index (χ1n) is 8.28. The van der Waals surface area contributed by atoms with Crippen LogP contribution >= 0.6 is 11.6 Å². The molecule has 1 aliphatic carbocycles. The highest BCUT2D eigenvalue weighted by Gasteiger charge is 2.26. The van der Waals surface area contributed by atoms with Crippen molar-refractivity contribution < 1.29 is 9.59 Å². The summed E-state index contributed by atoms with van der Waals surface area (Å²) >= 11 is 5.83. The number of carbonyl (C=O) groups excluding carboxylic acids is 2. The molecular formula is C16H27ClN2O2. The molecule has 1 atom stereocenters. The van der Waals surface area contributed by atoms with Gasteiger partial charge in [-0.15, -0.1) is 11.6 Å². The van der Waals surface area contributed by atoms with E-state index in [1.807, 2.05) is 4.90 Å². The molecule has 0 bridgehead atoms. The highest BCUT2D eigenvalue weighted by molar-refractivity contribution is 6.30. The van der Waals surface area contributed by atoms with E-state index in [2.05, 4.69) is 5.32 Å². The third-order valence-corrected chi connectivity index (χ3v) is 4.90. The van der Waals surface area contributed by atoms with E-state index < -0.39 is 5.38 Å². The molecule has 1 saturated heterocycles. The molecule has 0 spiro atoms. The van der Waals surface area contributed by atoms with E-state index in [0.717, 1.165) is 12.8 Å². The number of hydrogen-bond donors (Lipinski definition) is 1. The fraction of sp³-hybridized carbons (Fsp3) is 0.875. The summed E-state index contributed by atoms with van der Waals surface area (Å²) < 4.78 is 0. The summed E-state index contributed by atoms with van der Waals surface area (Å²) in [6, 6.07) is 0.218. The Morgan fingerprint density at radius 3 is 2.33 bits per heavy atom. The van der Waals surface area contributed by atoms with Gasteiger partial charge in [-0.1, -0.05) is 19.3 Å². The van der Waals surface area contributed by atoms with Crippen LogP contribution in [0.15, 0.2) is 0 Å². The Bertz CT molecular complexity index is 359. The maximum Gasteiger partial charge on any atom is 0.240 e. The second kappa shape index (κ2) is 8.02. The minimum atomic E-state index is -0.456. The van der Waals surface area contributed by atoms with Gasteiger partial charge in [0.05, 0.1) is 0 Å². The normalized spacial score (nSPS) is 22.9. The number of nitrogens with zero attached hydrogens (tertiary/aromatic N) is 1. The molecular weight excluding hydrogens is 288 g/mol. The highest BCUT2D eigenvalue weighted by atomic mass is 35.5. The zero-order valence-electron chi connectivity index (χ0n) is 12.9. The number of carbonyl (C=O) groups is 2. The summed E-state index contributed by atoms with van der Waals surface area (Å²) in [4.78, 5) is 25.7. The summed E-state index contributed by atoms with van der Waals surface area (Å²) in [7, 11) is 0. The molecule has 1 unspecified atom stereocenters. The van der Waals surface area contributed by atoms with E-state index in [0.29, 0.717) is 25.4 Å². The fourth-order valence-electron chi connectivity index (χ4n) is 3.44. The number of likely N-dealkylation sites (tertiary alicyclic amines) is 1. The number of rotatable bonds is 4. The molecule has 5 heteroatoms. The molecule has 2 rings (SSSR count). The van der Waals surface area contributed by atoms with Gasteiger partial charge in [0.15, 0.2) is 0 Å². The van der Waals surface area contributed by atoms with Gasteiger partial charge in [0.25, 0.3) is 0 Å². The predicted molar refractivity (Wildman–Crippen MR) is 84.3 cm³/mol. The number of piperidine rings is 1. The van der Waals surface area contributed by atoms with Crippen molar-refractivity contribution in [3.63, 3.8) is 0 Å². The molecule has 0 radical (unpaired) electrons. The SMILES string of the molecule is CC(Cl)C(=O)N1CCC(NC(=O)CC2CCCCC2)CC1. The van der Waals surface area contributed by atoms with Crippen molar-refractivity contribution in [1.29, 1.82) is 0 Å². The van der Waals surface area contributed by atoms with Crippen LogP contribution in [-0.2, 0) is 9.59 Å². The lowest BCUT2D eigenvalue weighted by Gasteiger charge is -2.33. The molecule has 1 heterocycles. The van der Waals surface area contributed by atoms with Gasteiger partial charge < -0.3 is 10.2 Å². The van der Waals surface area contributed by atoms with Gasteiger partial charge in [-0.3, -0.25) is 9.59 Å². The van der Waals surface area contributed by atoms with Crippen molar-refractivity contribution >= 4 is 23.4 Å². The Balaban J connectivity index is 1.68. The van der Waals surface area contributed by atoms with Gasteiger partial charge in [0.1, 0.15) is 5.38 Å². The third-order valence-electron chi connectivity index (χ3n) is 4.71. The average molecular weight is 315 g/mol. The lowest BCUT2D eigenvalue weighted by molar-refractivity contribution is -0.131. The second-order valence-electron chi connectivity index (χ2n) is 6.49. The molecule has 4 nitrogen and oxygen atoms in total. The maximum absolute atomic E-state index is 12.1. The molecule has 120 valence electrons. The first-order valence-corrected chi connectivity index (χ1v) is 8.72. The van der Waals surface area contributed by atoms with E-state index in [1.54, 1.807) is 6.92 Å². The first-order chi connectivity index (χ1) is 10.1. The van der Waals surface area contributed by atoms with E-state index in [-0.39, 0.29) is 17.9 Å². The summed E-state index contributed by atoms with van der Waals surface area (Å²) in [6.45, 7) is 3.11. The van der Waals surface area contributed by atoms with Crippen LogP contribution in [0.4, 0.5) is 0 Å². The van der Waals surface area contributed by atoms with Crippen molar-refractivity contribution in [3.8, 4) is 0 Å². The molecule has 0 aromatic heterocycles. The summed E-state index contributed by atoms with van der Waals surface area (Å²) in [6.07, 6.45) is 8.63. The quantitative estimate of drug-likeness (QED) is 0.811. The molecule has 0 aromatic rings. The minimum absolute atomic E-state index is 0.00338. The third kappa shape index (κ3) is 5.17. The molecule has 1 N–H and O–H groups in total. The predicted octanol–water partition coefficient (Wildman–Crippen LogP) is 2.69. The standard InChI is InChI=1S/C16H27ClN2O2/c1-12(17)16(21)19-9-7-14(8-10-19)18-15(20)11-13-5-3-2-4-6-13/h12-14H,2-11H2,1H3,(H,18,20). The number of alkyl halides is 1. The molecule has 2 amide bonds. The van der Waals surface area contributed by atoms with E-state index in [1.165, 1.54) is 32.1 Å². The second-order valence-corrected chi connectivity index (χ2v) is 7.15. The van der Waals surface area contributed by atoms with Crippen molar-refractivity contribution in [2.24, 2.45) is 5.92 Å². The maximum atomic E-state index is 12.1. The van der Waals surface area contributed by atoms with Crippen LogP contribution in [0.25, 0.3) is 0 Å². The molecule has 1 saturated carbocycles. The molecule has 1 aliphatic heterocycles. The number of amides is 2. The van der Waals surface area contributed by atoms with Crippen molar-refractivity contribution in [2.75, 3.05) is 13.1 Å². The van der Waals surface area contributed by atoms with Crippen LogP contribution in [0.3, 0.4) is 0 Å². The van der Waals surface area contributed by atoms with Gasteiger partial charge >= 0.3 is 0 Å². The number of halogens is 1. The summed E-state index contributed by atoms with van der Waals surface area (Å²) in [5, 5.41) is 2.69. The van der Waals surface area contributed by atoms with Crippen LogP contribution in [0.2, 0.25) is 0 Å². The van der Waals surface area contributed by atoms with Gasteiger partial charge in [-0.25, -0.2) is 0 Å². The smallest absolute Gasteiger partial charge is 0.240 e. The van der Waals surface area contributed by atoms with Crippen molar-refractivity contribution in [1.82, 2.24) is 10.2 Å². The van der Waals surface area contributed by atoms with Crippen LogP contribution in [0.5, 0.6) is 0 Å². The molecule has 0 aromatic carbocycles. The van der Waals surface area contributed by atoms with E-state index in [9.17, 15) is 9.59 Å². The van der Waals surface area contributed by atoms with Crippen LogP contribution in [0, 0.1) is 5.92 Å². The Labute approximate surface area is 132 Å². The van der Waals surface area contributed by atoms with E-state index in [4.69, 9.17) is 11.6 Å². The fourth-order valence-corrected chi connectivity index (χ4v) is 3.57. The van der Waals surface area contributed by atoms with Crippen LogP contribution < -0.4 is 5.32 Å². The van der Waals surface area contributed by atoms with Gasteiger partial charge in [0, 0.05) is 25.6 Å². The van der Waals surface area contributed by atoms with E-state index >= 15 is 0 Å². The molecule has 2 fully saturated rings. The first kappa shape index (κ1) is 16.6. The van der Waals surface area contributed by atoms with Crippen molar-refractivity contribution in [3.05, 3.63) is 0 Å². The number of hydrogen-bond acceptors (Lipinski definition) is 2. The van der Waals surface area contributed by atoms with Gasteiger partial charge in [0.2, 0.25) is 11.8 Å². The van der Waals surface area contributed by atoms with Gasteiger partial charge in [-0.2, -0.15) is 0 Å². The van der Waals surface area contributed by atoms with Gasteiger partial charge in [-0.05, 0) is 38.5 Å². The molecule has 2 aliphatic rings.